The van der Waals surface area contributed by atoms with E-state index in [0.717, 1.165) is 17.8 Å². The zero-order chi connectivity index (χ0) is 15.9. The number of benzene rings is 1. The van der Waals surface area contributed by atoms with Gasteiger partial charge in [0.2, 0.25) is 0 Å². The molecule has 0 atom stereocenters. The van der Waals surface area contributed by atoms with E-state index >= 15 is 0 Å². The smallest absolute Gasteiger partial charge is 0.193 e. The largest absolute Gasteiger partial charge is 0.381 e. The molecule has 0 amide bonds. The highest BCUT2D eigenvalue weighted by molar-refractivity contribution is 5.92. The van der Waals surface area contributed by atoms with Crippen molar-refractivity contribution in [2.75, 3.05) is 17.6 Å². The van der Waals surface area contributed by atoms with Crippen molar-refractivity contribution in [1.82, 2.24) is 10.2 Å². The minimum atomic E-state index is 0.238. The second-order valence-corrected chi connectivity index (χ2v) is 4.94. The predicted octanol–water partition coefficient (Wildman–Crippen LogP) is 1.53. The van der Waals surface area contributed by atoms with Crippen LogP contribution in [0.5, 0.6) is 0 Å². The molecule has 0 spiro atoms. The highest BCUT2D eigenvalue weighted by Crippen LogP contribution is 2.13. The van der Waals surface area contributed by atoms with E-state index in [-0.39, 0.29) is 5.82 Å². The molecule has 0 bridgehead atoms. The predicted molar refractivity (Wildman–Crippen MR) is 87.3 cm³/mol. The molecule has 0 saturated carbocycles. The maximum Gasteiger partial charge on any atom is 0.193 e. The molecule has 1 heterocycles. The number of nitrogen functional groups attached to an aromatic ring is 1. The summed E-state index contributed by atoms with van der Waals surface area (Å²) >= 11 is 0. The number of hydrogen-bond acceptors (Lipinski definition) is 4. The molecular weight excluding hydrogens is 278 g/mol. The Morgan fingerprint density at radius 2 is 2.14 bits per heavy atom. The number of anilines is 2. The van der Waals surface area contributed by atoms with Gasteiger partial charge in [0.05, 0.1) is 5.69 Å². The minimum absolute atomic E-state index is 0.238. The number of rotatable bonds is 5. The van der Waals surface area contributed by atoms with E-state index in [1.54, 1.807) is 0 Å². The third-order valence-electron chi connectivity index (χ3n) is 3.17. The third kappa shape index (κ3) is 3.99. The zero-order valence-electron chi connectivity index (χ0n) is 12.4. The first-order chi connectivity index (χ1) is 10.6. The van der Waals surface area contributed by atoms with Gasteiger partial charge in [0.15, 0.2) is 11.8 Å². The van der Waals surface area contributed by atoms with Crippen LogP contribution in [0, 0.1) is 18.3 Å². The van der Waals surface area contributed by atoms with Gasteiger partial charge in [-0.3, -0.25) is 10.1 Å². The van der Waals surface area contributed by atoms with Gasteiger partial charge >= 0.3 is 0 Å². The van der Waals surface area contributed by atoms with Crippen molar-refractivity contribution < 1.29 is 0 Å². The quantitative estimate of drug-likeness (QED) is 0.378. The Morgan fingerprint density at radius 3 is 2.82 bits per heavy atom. The Hall–Kier alpha value is -3.01. The van der Waals surface area contributed by atoms with Crippen LogP contribution in [0.3, 0.4) is 0 Å². The molecule has 114 valence electrons. The highest BCUT2D eigenvalue weighted by atomic mass is 15.2. The summed E-state index contributed by atoms with van der Waals surface area (Å²) in [6.07, 6.45) is 1.39. The van der Waals surface area contributed by atoms with Crippen molar-refractivity contribution in [3.63, 3.8) is 0 Å². The van der Waals surface area contributed by atoms with Crippen LogP contribution in [0.2, 0.25) is 0 Å². The molecule has 0 aliphatic carbocycles. The van der Waals surface area contributed by atoms with E-state index in [9.17, 15) is 0 Å². The second kappa shape index (κ2) is 7.13. The van der Waals surface area contributed by atoms with Gasteiger partial charge in [-0.1, -0.05) is 17.7 Å². The van der Waals surface area contributed by atoms with Crippen molar-refractivity contribution >= 4 is 17.5 Å². The number of aryl methyl sites for hydroxylation is 2. The van der Waals surface area contributed by atoms with Crippen molar-refractivity contribution in [2.24, 2.45) is 10.7 Å². The first-order valence-corrected chi connectivity index (χ1v) is 6.96. The molecule has 2 aromatic rings. The molecule has 6 N–H and O–H groups in total. The summed E-state index contributed by atoms with van der Waals surface area (Å²) in [6.45, 7) is 2.58. The lowest BCUT2D eigenvalue weighted by molar-refractivity contribution is 0.802. The van der Waals surface area contributed by atoms with Gasteiger partial charge in [-0.2, -0.15) is 10.4 Å². The molecule has 0 aliphatic heterocycles. The average molecular weight is 297 g/mol. The van der Waals surface area contributed by atoms with E-state index in [2.05, 4.69) is 20.5 Å². The molecule has 0 aliphatic rings. The van der Waals surface area contributed by atoms with Crippen LogP contribution in [-0.2, 0) is 6.42 Å². The van der Waals surface area contributed by atoms with Crippen LogP contribution in [0.15, 0.2) is 29.3 Å². The summed E-state index contributed by atoms with van der Waals surface area (Å²) < 4.78 is 0. The highest BCUT2D eigenvalue weighted by Gasteiger charge is 2.09. The number of aliphatic imine (C=N–C) groups is 1. The second-order valence-electron chi connectivity index (χ2n) is 4.94. The molecule has 0 saturated heterocycles. The van der Waals surface area contributed by atoms with E-state index < -0.39 is 0 Å². The summed E-state index contributed by atoms with van der Waals surface area (Å²) in [4.78, 5) is 4.25. The number of aromatic nitrogens is 2. The van der Waals surface area contributed by atoms with Crippen molar-refractivity contribution in [3.05, 3.63) is 41.1 Å². The first-order valence-electron chi connectivity index (χ1n) is 6.96. The topological polar surface area (TPSA) is 129 Å². The lowest BCUT2D eigenvalue weighted by atomic mass is 10.1. The Kier molecular flexibility index (Phi) is 4.98. The number of guanidine groups is 1. The average Bonchev–Trinajstić information content (AvgIpc) is 2.86. The van der Waals surface area contributed by atoms with Crippen LogP contribution >= 0.6 is 0 Å². The lowest BCUT2D eigenvalue weighted by Gasteiger charge is -2.05. The van der Waals surface area contributed by atoms with Gasteiger partial charge in [0.25, 0.3) is 0 Å². The van der Waals surface area contributed by atoms with E-state index in [4.69, 9.17) is 16.7 Å². The number of nitrogens with two attached hydrogens (primary N) is 2. The molecule has 0 radical (unpaired) electrons. The Morgan fingerprint density at radius 1 is 1.41 bits per heavy atom. The number of nitrogens with zero attached hydrogens (tertiary/aromatic N) is 3. The molecule has 7 nitrogen and oxygen atoms in total. The molecule has 0 fully saturated rings. The summed E-state index contributed by atoms with van der Waals surface area (Å²) in [5.74, 6) is 0.607. The molecule has 0 unspecified atom stereocenters. The van der Waals surface area contributed by atoms with Crippen LogP contribution in [-0.4, -0.2) is 22.7 Å². The van der Waals surface area contributed by atoms with Gasteiger partial charge in [-0.05, 0) is 31.9 Å². The van der Waals surface area contributed by atoms with Crippen molar-refractivity contribution in [1.29, 1.82) is 5.26 Å². The number of H-pyrrole nitrogens is 1. The van der Waals surface area contributed by atoms with E-state index in [1.807, 2.05) is 37.3 Å². The van der Waals surface area contributed by atoms with Gasteiger partial charge in [-0.25, -0.2) is 0 Å². The van der Waals surface area contributed by atoms with Crippen molar-refractivity contribution in [3.8, 4) is 6.07 Å². The van der Waals surface area contributed by atoms with Gasteiger partial charge in [-0.15, -0.1) is 0 Å². The molecule has 1 aromatic heterocycles. The maximum atomic E-state index is 8.97. The van der Waals surface area contributed by atoms with Crippen LogP contribution in [0.25, 0.3) is 0 Å². The number of hydrogen-bond donors (Lipinski definition) is 4. The van der Waals surface area contributed by atoms with Crippen LogP contribution in [0.4, 0.5) is 11.5 Å². The summed E-state index contributed by atoms with van der Waals surface area (Å²) in [6, 6.07) is 9.94. The van der Waals surface area contributed by atoms with Gasteiger partial charge in [0.1, 0.15) is 11.6 Å². The summed E-state index contributed by atoms with van der Waals surface area (Å²) in [5.41, 5.74) is 14.6. The third-order valence-corrected chi connectivity index (χ3v) is 3.17. The molecule has 2 rings (SSSR count). The maximum absolute atomic E-state index is 8.97. The lowest BCUT2D eigenvalue weighted by Crippen LogP contribution is -2.22. The SMILES string of the molecule is Cc1ccc(NC(N)=NCCCc2[nH]nc(N)c2C#N)cc1. The van der Waals surface area contributed by atoms with Crippen LogP contribution in [0.1, 0.15) is 23.2 Å². The summed E-state index contributed by atoms with van der Waals surface area (Å²) in [5, 5.41) is 18.6. The molecule has 7 heteroatoms. The molecular formula is C15H19N7. The Balaban J connectivity index is 1.82. The molecule has 22 heavy (non-hydrogen) atoms. The van der Waals surface area contributed by atoms with Crippen LogP contribution < -0.4 is 16.8 Å². The fraction of sp³-hybridized carbons (Fsp3) is 0.267. The van der Waals surface area contributed by atoms with Gasteiger partial charge < -0.3 is 16.8 Å². The van der Waals surface area contributed by atoms with E-state index in [1.165, 1.54) is 5.56 Å². The monoisotopic (exact) mass is 297 g/mol. The number of nitriles is 1. The number of aromatic amines is 1. The molecule has 1 aromatic carbocycles. The minimum Gasteiger partial charge on any atom is -0.381 e. The van der Waals surface area contributed by atoms with Crippen molar-refractivity contribution in [2.45, 2.75) is 19.8 Å². The number of nitrogens with one attached hydrogen (secondary N) is 2. The Labute approximate surface area is 129 Å². The van der Waals surface area contributed by atoms with E-state index in [0.29, 0.717) is 24.5 Å². The fourth-order valence-electron chi connectivity index (χ4n) is 1.98. The fourth-order valence-corrected chi connectivity index (χ4v) is 1.98. The normalized spacial score (nSPS) is 11.2. The van der Waals surface area contributed by atoms with Gasteiger partial charge in [0, 0.05) is 12.2 Å². The summed E-state index contributed by atoms with van der Waals surface area (Å²) in [7, 11) is 0. The standard InChI is InChI=1S/C15H19N7/c1-10-4-6-11(7-5-10)20-15(18)19-8-2-3-13-12(9-16)14(17)22-21-13/h4-7H,2-3,8H2,1H3,(H3,17,21,22)(H3,18,19,20). The Bertz CT molecular complexity index is 692. The zero-order valence-corrected chi connectivity index (χ0v) is 12.4. The first kappa shape index (κ1) is 15.4.